The molecule has 1 saturated heterocycles. The maximum absolute atomic E-state index is 13.2. The molecule has 2 aromatic carbocycles. The molecule has 0 saturated carbocycles. The van der Waals surface area contributed by atoms with Gasteiger partial charge < -0.3 is 10.6 Å². The van der Waals surface area contributed by atoms with Crippen LogP contribution in [0.2, 0.25) is 0 Å². The molecule has 0 aromatic heterocycles. The number of hydrogen-bond donors (Lipinski definition) is 2. The zero-order valence-corrected chi connectivity index (χ0v) is 17.7. The van der Waals surface area contributed by atoms with Crippen molar-refractivity contribution >= 4 is 33.8 Å². The highest BCUT2D eigenvalue weighted by Gasteiger charge is 2.55. The van der Waals surface area contributed by atoms with Crippen molar-refractivity contribution in [3.63, 3.8) is 0 Å². The second-order valence-electron chi connectivity index (χ2n) is 7.46. The van der Waals surface area contributed by atoms with E-state index in [0.29, 0.717) is 12.8 Å². The maximum Gasteiger partial charge on any atom is 0.325 e. The summed E-state index contributed by atoms with van der Waals surface area (Å²) >= 11 is 3.40. The van der Waals surface area contributed by atoms with Crippen molar-refractivity contribution in [2.45, 2.75) is 37.8 Å². The third kappa shape index (κ3) is 3.44. The molecule has 7 heteroatoms. The molecule has 2 aliphatic rings. The minimum atomic E-state index is -1.04. The Morgan fingerprint density at radius 2 is 1.93 bits per heavy atom. The van der Waals surface area contributed by atoms with Gasteiger partial charge in [-0.3, -0.25) is 14.5 Å². The summed E-state index contributed by atoms with van der Waals surface area (Å²) in [5.74, 6) is -0.703. The molecule has 6 nitrogen and oxygen atoms in total. The molecule has 2 N–H and O–H groups in total. The van der Waals surface area contributed by atoms with Crippen LogP contribution in [0, 0.1) is 0 Å². The molecular formula is C22H22BrN3O3. The summed E-state index contributed by atoms with van der Waals surface area (Å²) in [7, 11) is 0. The van der Waals surface area contributed by atoms with Crippen LogP contribution in [-0.4, -0.2) is 29.3 Å². The topological polar surface area (TPSA) is 78.5 Å². The van der Waals surface area contributed by atoms with Crippen LogP contribution in [0.3, 0.4) is 0 Å². The van der Waals surface area contributed by atoms with E-state index >= 15 is 0 Å². The Balaban J connectivity index is 1.48. The molecule has 1 aliphatic heterocycles. The molecule has 29 heavy (non-hydrogen) atoms. The molecule has 2 atom stereocenters. The zero-order chi connectivity index (χ0) is 20.6. The van der Waals surface area contributed by atoms with Gasteiger partial charge in [-0.15, -0.1) is 0 Å². The van der Waals surface area contributed by atoms with Crippen LogP contribution in [0.25, 0.3) is 0 Å². The molecule has 150 valence electrons. The number of halogens is 1. The number of nitrogens with zero attached hydrogens (tertiary/aromatic N) is 1. The summed E-state index contributed by atoms with van der Waals surface area (Å²) < 4.78 is 0.962. The third-order valence-electron chi connectivity index (χ3n) is 5.74. The van der Waals surface area contributed by atoms with Gasteiger partial charge in [-0.1, -0.05) is 59.3 Å². The fourth-order valence-electron chi connectivity index (χ4n) is 4.23. The quantitative estimate of drug-likeness (QED) is 0.677. The van der Waals surface area contributed by atoms with E-state index in [0.717, 1.165) is 32.5 Å². The lowest BCUT2D eigenvalue weighted by Crippen LogP contribution is -2.44. The van der Waals surface area contributed by atoms with E-state index in [-0.39, 0.29) is 24.4 Å². The van der Waals surface area contributed by atoms with Gasteiger partial charge in [0.2, 0.25) is 5.91 Å². The number of hydrogen-bond acceptors (Lipinski definition) is 3. The Labute approximate surface area is 177 Å². The molecule has 2 aromatic rings. The lowest BCUT2D eigenvalue weighted by molar-refractivity contribution is -0.135. The lowest BCUT2D eigenvalue weighted by Gasteiger charge is -2.23. The van der Waals surface area contributed by atoms with Gasteiger partial charge in [0.1, 0.15) is 12.1 Å². The lowest BCUT2D eigenvalue weighted by atomic mass is 9.92. The monoisotopic (exact) mass is 455 g/mol. The predicted molar refractivity (Wildman–Crippen MR) is 112 cm³/mol. The van der Waals surface area contributed by atoms with Gasteiger partial charge in [-0.05, 0) is 48.1 Å². The number of nitrogens with one attached hydrogen (secondary N) is 2. The van der Waals surface area contributed by atoms with Crippen molar-refractivity contribution < 1.29 is 14.4 Å². The number of aryl methyl sites for hydroxylation is 1. The summed E-state index contributed by atoms with van der Waals surface area (Å²) in [6.45, 7) is 1.69. The Kier molecular flexibility index (Phi) is 5.17. The Bertz CT molecular complexity index is 976. The highest BCUT2D eigenvalue weighted by Crippen LogP contribution is 2.41. The highest BCUT2D eigenvalue weighted by molar-refractivity contribution is 9.10. The number of amides is 4. The van der Waals surface area contributed by atoms with E-state index in [1.165, 1.54) is 0 Å². The summed E-state index contributed by atoms with van der Waals surface area (Å²) in [5, 5.41) is 5.79. The summed E-state index contributed by atoms with van der Waals surface area (Å²) in [4.78, 5) is 39.4. The first-order valence-corrected chi connectivity index (χ1v) is 10.5. The molecule has 4 rings (SSSR count). The summed E-state index contributed by atoms with van der Waals surface area (Å²) in [5.41, 5.74) is 1.84. The van der Waals surface area contributed by atoms with Gasteiger partial charge in [-0.2, -0.15) is 0 Å². The zero-order valence-electron chi connectivity index (χ0n) is 16.1. The normalized spacial score (nSPS) is 21.2. The van der Waals surface area contributed by atoms with Gasteiger partial charge >= 0.3 is 6.03 Å². The average Bonchev–Trinajstić information content (AvgIpc) is 3.20. The van der Waals surface area contributed by atoms with Crippen LogP contribution in [-0.2, 0) is 21.5 Å². The van der Waals surface area contributed by atoms with E-state index in [4.69, 9.17) is 0 Å². The first kappa shape index (κ1) is 19.6. The first-order valence-electron chi connectivity index (χ1n) is 9.72. The smallest absolute Gasteiger partial charge is 0.325 e. The van der Waals surface area contributed by atoms with Gasteiger partial charge in [0, 0.05) is 4.47 Å². The van der Waals surface area contributed by atoms with Crippen molar-refractivity contribution in [3.05, 3.63) is 69.7 Å². The van der Waals surface area contributed by atoms with Crippen molar-refractivity contribution in [1.29, 1.82) is 0 Å². The molecule has 1 fully saturated rings. The predicted octanol–water partition coefficient (Wildman–Crippen LogP) is 3.41. The second-order valence-corrected chi connectivity index (χ2v) is 8.38. The number of rotatable bonds is 5. The van der Waals surface area contributed by atoms with Crippen LogP contribution in [0.5, 0.6) is 0 Å². The largest absolute Gasteiger partial charge is 0.348 e. The van der Waals surface area contributed by atoms with E-state index in [1.807, 2.05) is 55.5 Å². The van der Waals surface area contributed by atoms with Crippen molar-refractivity contribution in [2.75, 3.05) is 6.54 Å². The van der Waals surface area contributed by atoms with E-state index in [2.05, 4.69) is 26.6 Å². The average molecular weight is 456 g/mol. The standard InChI is InChI=1S/C22H22BrN3O3/c1-2-18(15-7-9-16(23)10-8-15)24-19(27)13-26-20(28)22(25-21(26)29)12-11-14-5-3-4-6-17(14)22/h3-10,18H,2,11-13H2,1H3,(H,24,27)(H,25,29)/t18-,22+/m1/s1. The summed E-state index contributed by atoms with van der Waals surface area (Å²) in [6, 6.07) is 14.7. The summed E-state index contributed by atoms with van der Waals surface area (Å²) in [6.07, 6.45) is 1.94. The van der Waals surface area contributed by atoms with Crippen LogP contribution >= 0.6 is 15.9 Å². The van der Waals surface area contributed by atoms with Crippen molar-refractivity contribution in [3.8, 4) is 0 Å². The molecule has 0 bridgehead atoms. The van der Waals surface area contributed by atoms with E-state index < -0.39 is 11.6 Å². The van der Waals surface area contributed by atoms with Crippen LogP contribution in [0.4, 0.5) is 4.79 Å². The van der Waals surface area contributed by atoms with Crippen molar-refractivity contribution in [2.24, 2.45) is 0 Å². The molecule has 0 unspecified atom stereocenters. The Morgan fingerprint density at radius 3 is 2.66 bits per heavy atom. The maximum atomic E-state index is 13.2. The molecule has 0 radical (unpaired) electrons. The van der Waals surface area contributed by atoms with Gasteiger partial charge in [0.25, 0.3) is 5.91 Å². The van der Waals surface area contributed by atoms with Crippen LogP contribution in [0.1, 0.15) is 42.5 Å². The Morgan fingerprint density at radius 1 is 1.21 bits per heavy atom. The fourth-order valence-corrected chi connectivity index (χ4v) is 4.50. The third-order valence-corrected chi connectivity index (χ3v) is 6.27. The molecule has 1 aliphatic carbocycles. The van der Waals surface area contributed by atoms with Crippen LogP contribution in [0.15, 0.2) is 53.0 Å². The number of carbonyl (C=O) groups is 3. The number of urea groups is 1. The van der Waals surface area contributed by atoms with E-state index in [9.17, 15) is 14.4 Å². The minimum absolute atomic E-state index is 0.183. The first-order chi connectivity index (χ1) is 13.9. The number of imide groups is 1. The van der Waals surface area contributed by atoms with Gasteiger partial charge in [-0.25, -0.2) is 4.79 Å². The fraction of sp³-hybridized carbons (Fsp3) is 0.318. The van der Waals surface area contributed by atoms with Gasteiger partial charge in [0.15, 0.2) is 0 Å². The minimum Gasteiger partial charge on any atom is -0.348 e. The van der Waals surface area contributed by atoms with E-state index in [1.54, 1.807) is 0 Å². The SMILES string of the molecule is CC[C@@H](NC(=O)CN1C(=O)N[C@]2(CCc3ccccc32)C1=O)c1ccc(Br)cc1. The number of fused-ring (bicyclic) bond motifs is 2. The highest BCUT2D eigenvalue weighted by atomic mass is 79.9. The molecule has 4 amide bonds. The van der Waals surface area contributed by atoms with Crippen LogP contribution < -0.4 is 10.6 Å². The molecule has 1 heterocycles. The molecule has 1 spiro atoms. The van der Waals surface area contributed by atoms with Crippen molar-refractivity contribution in [1.82, 2.24) is 15.5 Å². The Hall–Kier alpha value is -2.67. The van der Waals surface area contributed by atoms with Gasteiger partial charge in [0.05, 0.1) is 6.04 Å². The number of benzene rings is 2. The second kappa shape index (κ2) is 7.63. The molecular weight excluding hydrogens is 434 g/mol. The number of carbonyl (C=O) groups excluding carboxylic acids is 3.